The van der Waals surface area contributed by atoms with E-state index in [0.717, 1.165) is 5.69 Å². The molecule has 164 valence electrons. The number of hydrogen-bond donors (Lipinski definition) is 0. The number of benzene rings is 2. The third-order valence-electron chi connectivity index (χ3n) is 5.12. The van der Waals surface area contributed by atoms with Gasteiger partial charge in [0.2, 0.25) is 0 Å². The van der Waals surface area contributed by atoms with E-state index in [-0.39, 0.29) is 12.5 Å². The Morgan fingerprint density at radius 2 is 1.56 bits per heavy atom. The number of methoxy groups -OCH3 is 2. The Hall–Kier alpha value is -3.65. The van der Waals surface area contributed by atoms with Crippen LogP contribution in [0.1, 0.15) is 27.6 Å². The summed E-state index contributed by atoms with van der Waals surface area (Å²) in [6.07, 6.45) is 0. The molecule has 2 aromatic carbocycles. The second kappa shape index (κ2) is 8.84. The zero-order chi connectivity index (χ0) is 22.8. The molecule has 2 aromatic heterocycles. The highest BCUT2D eigenvalue weighted by molar-refractivity contribution is 6.31. The van der Waals surface area contributed by atoms with E-state index < -0.39 is 0 Å². The van der Waals surface area contributed by atoms with Crippen molar-refractivity contribution in [2.45, 2.75) is 20.4 Å². The number of hydrogen-bond acceptors (Lipinski definition) is 6. The minimum absolute atomic E-state index is 0.149. The van der Waals surface area contributed by atoms with Gasteiger partial charge in [0.25, 0.3) is 11.7 Å². The lowest BCUT2D eigenvalue weighted by molar-refractivity contribution is 0.0984. The van der Waals surface area contributed by atoms with Crippen LogP contribution in [0.25, 0.3) is 5.78 Å². The monoisotopic (exact) mass is 451 g/mol. The fourth-order valence-electron chi connectivity index (χ4n) is 3.34. The molecule has 4 aromatic rings. The smallest absolute Gasteiger partial charge is 0.258 e. The van der Waals surface area contributed by atoms with Crippen molar-refractivity contribution in [3.05, 3.63) is 76.3 Å². The summed E-state index contributed by atoms with van der Waals surface area (Å²) in [6, 6.07) is 14.2. The highest BCUT2D eigenvalue weighted by Crippen LogP contribution is 2.24. The molecule has 0 bridgehead atoms. The molecule has 0 radical (unpaired) electrons. The van der Waals surface area contributed by atoms with Crippen molar-refractivity contribution in [2.75, 3.05) is 19.1 Å². The van der Waals surface area contributed by atoms with E-state index in [0.29, 0.717) is 45.1 Å². The Balaban J connectivity index is 1.73. The topological polar surface area (TPSA) is 81.9 Å². The fraction of sp³-hybridized carbons (Fsp3) is 0.217. The number of carbonyl (C=O) groups is 1. The maximum atomic E-state index is 13.4. The van der Waals surface area contributed by atoms with Crippen molar-refractivity contribution in [3.63, 3.8) is 0 Å². The lowest BCUT2D eigenvalue weighted by atomic mass is 10.1. The Morgan fingerprint density at radius 1 is 0.969 bits per heavy atom. The van der Waals surface area contributed by atoms with Gasteiger partial charge in [0, 0.05) is 11.3 Å². The van der Waals surface area contributed by atoms with Crippen molar-refractivity contribution >= 4 is 29.0 Å². The lowest BCUT2D eigenvalue weighted by Crippen LogP contribution is -2.31. The number of halogens is 1. The van der Waals surface area contributed by atoms with E-state index in [4.69, 9.17) is 21.1 Å². The maximum absolute atomic E-state index is 13.4. The summed E-state index contributed by atoms with van der Waals surface area (Å²) in [5.74, 6) is 2.05. The molecule has 0 aliphatic heterocycles. The van der Waals surface area contributed by atoms with Gasteiger partial charge in [-0.25, -0.2) is 4.98 Å². The number of fused-ring (bicyclic) bond motifs is 1. The summed E-state index contributed by atoms with van der Waals surface area (Å²) in [4.78, 5) is 24.0. The zero-order valence-corrected chi connectivity index (χ0v) is 18.9. The first-order valence-electron chi connectivity index (χ1n) is 9.89. The Morgan fingerprint density at radius 3 is 2.16 bits per heavy atom. The zero-order valence-electron chi connectivity index (χ0n) is 18.2. The lowest BCUT2D eigenvalue weighted by Gasteiger charge is -2.22. The highest BCUT2D eigenvalue weighted by atomic mass is 35.5. The number of aryl methyl sites for hydroxylation is 2. The number of anilines is 1. The summed E-state index contributed by atoms with van der Waals surface area (Å²) < 4.78 is 12.0. The average molecular weight is 452 g/mol. The second-order valence-corrected chi connectivity index (χ2v) is 7.53. The molecule has 0 N–H and O–H groups in total. The van der Waals surface area contributed by atoms with Crippen molar-refractivity contribution in [3.8, 4) is 11.5 Å². The molecule has 0 aliphatic carbocycles. The molecule has 0 unspecified atom stereocenters. The van der Waals surface area contributed by atoms with Crippen LogP contribution in [0.4, 0.5) is 5.69 Å². The standard InChI is InChI=1S/C23H22ClN5O3/c1-14-21(24)15(2)29-23(25-14)26-20(27-29)13-28(17-7-11-19(32-4)12-8-17)22(30)16-5-9-18(31-3)10-6-16/h5-12H,13H2,1-4H3. The molecular formula is C23H22ClN5O3. The van der Waals surface area contributed by atoms with Gasteiger partial charge >= 0.3 is 0 Å². The van der Waals surface area contributed by atoms with Crippen LogP contribution < -0.4 is 14.4 Å². The van der Waals surface area contributed by atoms with Crippen LogP contribution in [-0.2, 0) is 6.54 Å². The van der Waals surface area contributed by atoms with E-state index in [9.17, 15) is 4.79 Å². The molecule has 1 amide bonds. The molecule has 9 heteroatoms. The van der Waals surface area contributed by atoms with Crippen molar-refractivity contribution in [1.29, 1.82) is 0 Å². The predicted molar refractivity (Wildman–Crippen MR) is 122 cm³/mol. The molecular weight excluding hydrogens is 430 g/mol. The molecule has 8 nitrogen and oxygen atoms in total. The van der Waals surface area contributed by atoms with Crippen LogP contribution >= 0.6 is 11.6 Å². The van der Waals surface area contributed by atoms with E-state index in [2.05, 4.69) is 15.1 Å². The van der Waals surface area contributed by atoms with Crippen LogP contribution in [0.5, 0.6) is 11.5 Å². The predicted octanol–water partition coefficient (Wildman–Crippen LogP) is 4.26. The number of amides is 1. The van der Waals surface area contributed by atoms with Gasteiger partial charge in [-0.3, -0.25) is 4.79 Å². The molecule has 0 saturated carbocycles. The average Bonchev–Trinajstić information content (AvgIpc) is 3.23. The molecule has 2 heterocycles. The number of carbonyl (C=O) groups excluding carboxylic acids is 1. The quantitative estimate of drug-likeness (QED) is 0.435. The van der Waals surface area contributed by atoms with Gasteiger partial charge in [-0.15, -0.1) is 5.10 Å². The molecule has 0 fully saturated rings. The van der Waals surface area contributed by atoms with Crippen molar-refractivity contribution in [1.82, 2.24) is 19.6 Å². The van der Waals surface area contributed by atoms with Gasteiger partial charge in [-0.1, -0.05) is 11.6 Å². The van der Waals surface area contributed by atoms with Crippen LogP contribution in [-0.4, -0.2) is 39.7 Å². The number of rotatable bonds is 6. The van der Waals surface area contributed by atoms with Gasteiger partial charge in [0.05, 0.1) is 37.2 Å². The van der Waals surface area contributed by atoms with Crippen LogP contribution in [0.3, 0.4) is 0 Å². The minimum atomic E-state index is -0.199. The maximum Gasteiger partial charge on any atom is 0.258 e. The fourth-order valence-corrected chi connectivity index (χ4v) is 3.46. The van der Waals surface area contributed by atoms with Crippen LogP contribution in [0, 0.1) is 13.8 Å². The van der Waals surface area contributed by atoms with Gasteiger partial charge in [-0.05, 0) is 62.4 Å². The van der Waals surface area contributed by atoms with E-state index >= 15 is 0 Å². The third-order valence-corrected chi connectivity index (χ3v) is 5.67. The van der Waals surface area contributed by atoms with Gasteiger partial charge in [0.1, 0.15) is 11.5 Å². The summed E-state index contributed by atoms with van der Waals surface area (Å²) >= 11 is 6.31. The van der Waals surface area contributed by atoms with E-state index in [1.165, 1.54) is 0 Å². The Bertz CT molecular complexity index is 1270. The van der Waals surface area contributed by atoms with Gasteiger partial charge < -0.3 is 14.4 Å². The summed E-state index contributed by atoms with van der Waals surface area (Å²) in [6.45, 7) is 3.82. The first-order chi connectivity index (χ1) is 15.4. The highest BCUT2D eigenvalue weighted by Gasteiger charge is 2.22. The van der Waals surface area contributed by atoms with Gasteiger partial charge in [-0.2, -0.15) is 9.50 Å². The molecule has 0 aliphatic rings. The van der Waals surface area contributed by atoms with Crippen molar-refractivity contribution < 1.29 is 14.3 Å². The summed E-state index contributed by atoms with van der Waals surface area (Å²) in [5.41, 5.74) is 2.62. The molecule has 0 atom stereocenters. The molecule has 4 rings (SSSR count). The minimum Gasteiger partial charge on any atom is -0.497 e. The van der Waals surface area contributed by atoms with E-state index in [1.54, 1.807) is 60.0 Å². The summed E-state index contributed by atoms with van der Waals surface area (Å²) in [7, 11) is 3.18. The first-order valence-corrected chi connectivity index (χ1v) is 10.3. The van der Waals surface area contributed by atoms with Crippen LogP contribution in [0.2, 0.25) is 5.02 Å². The van der Waals surface area contributed by atoms with E-state index in [1.807, 2.05) is 26.0 Å². The first kappa shape index (κ1) is 21.6. The second-order valence-electron chi connectivity index (χ2n) is 7.15. The summed E-state index contributed by atoms with van der Waals surface area (Å²) in [5, 5.41) is 5.07. The molecule has 0 saturated heterocycles. The Kier molecular flexibility index (Phi) is 5.96. The largest absolute Gasteiger partial charge is 0.497 e. The SMILES string of the molecule is COc1ccc(C(=O)N(Cc2nc3nc(C)c(Cl)c(C)n3n2)c2ccc(OC)cc2)cc1. The Labute approximate surface area is 190 Å². The van der Waals surface area contributed by atoms with Gasteiger partial charge in [0.15, 0.2) is 5.82 Å². The van der Waals surface area contributed by atoms with Crippen LogP contribution in [0.15, 0.2) is 48.5 Å². The molecule has 32 heavy (non-hydrogen) atoms. The third kappa shape index (κ3) is 4.09. The number of nitrogens with zero attached hydrogens (tertiary/aromatic N) is 5. The molecule has 0 spiro atoms. The number of ether oxygens (including phenoxy) is 2. The number of aromatic nitrogens is 4. The normalized spacial score (nSPS) is 10.9. The van der Waals surface area contributed by atoms with Crippen molar-refractivity contribution in [2.24, 2.45) is 0 Å².